The summed E-state index contributed by atoms with van der Waals surface area (Å²) in [6.07, 6.45) is 0. The van der Waals surface area contributed by atoms with Crippen LogP contribution in [0, 0.1) is 5.95 Å². The lowest BCUT2D eigenvalue weighted by molar-refractivity contribution is -0.139. The molecule has 0 saturated heterocycles. The maximum Gasteiger partial charge on any atom is 0.328 e. The average molecular weight is 509 g/mol. The molecule has 0 aliphatic heterocycles. The quantitative estimate of drug-likeness (QED) is 0.279. The smallest absolute Gasteiger partial charge is 0.328 e. The fraction of sp³-hybridized carbons (Fsp3) is 0.250. The summed E-state index contributed by atoms with van der Waals surface area (Å²) in [5.41, 5.74) is 1.48. The third-order valence-corrected chi connectivity index (χ3v) is 5.52. The van der Waals surface area contributed by atoms with Crippen LogP contribution >= 0.6 is 23.2 Å². The van der Waals surface area contributed by atoms with E-state index in [2.05, 4.69) is 10.3 Å². The van der Waals surface area contributed by atoms with E-state index in [1.54, 1.807) is 6.07 Å². The molecule has 1 aromatic heterocycles. The van der Waals surface area contributed by atoms with Crippen molar-refractivity contribution in [2.75, 3.05) is 11.9 Å². The number of hydrogen-bond acceptors (Lipinski definition) is 6. The molecular weight excluding hydrogens is 486 g/mol. The van der Waals surface area contributed by atoms with Crippen LogP contribution < -0.4 is 10.1 Å². The fourth-order valence-electron chi connectivity index (χ4n) is 3.06. The zero-order valence-corrected chi connectivity index (χ0v) is 19.9. The summed E-state index contributed by atoms with van der Waals surface area (Å²) < 4.78 is 25.7. The van der Waals surface area contributed by atoms with Crippen molar-refractivity contribution < 1.29 is 28.9 Å². The Morgan fingerprint density at radius 1 is 1.15 bits per heavy atom. The van der Waals surface area contributed by atoms with E-state index in [0.717, 1.165) is 5.56 Å². The number of benzene rings is 2. The van der Waals surface area contributed by atoms with E-state index in [0.29, 0.717) is 5.56 Å². The molecule has 1 heterocycles. The van der Waals surface area contributed by atoms with Crippen LogP contribution in [-0.4, -0.2) is 33.8 Å². The molecule has 34 heavy (non-hydrogen) atoms. The average Bonchev–Trinajstić information content (AvgIpc) is 2.80. The molecule has 7 nitrogen and oxygen atoms in total. The topological polar surface area (TPSA) is 101 Å². The molecule has 3 rings (SSSR count). The Hall–Kier alpha value is -3.07. The van der Waals surface area contributed by atoms with E-state index in [1.165, 1.54) is 12.1 Å². The van der Waals surface area contributed by atoms with Gasteiger partial charge in [-0.2, -0.15) is 9.37 Å². The molecule has 0 aliphatic rings. The molecule has 0 aliphatic carbocycles. The molecule has 3 aromatic rings. The van der Waals surface area contributed by atoms with Crippen molar-refractivity contribution in [1.29, 1.82) is 0 Å². The monoisotopic (exact) mass is 508 g/mol. The number of carboxylic acid groups (broad SMARTS) is 1. The predicted octanol–water partition coefficient (Wildman–Crippen LogP) is 6.23. The van der Waals surface area contributed by atoms with Crippen LogP contribution in [0.5, 0.6) is 17.2 Å². The van der Waals surface area contributed by atoms with Gasteiger partial charge in [-0.15, -0.1) is 0 Å². The van der Waals surface area contributed by atoms with Crippen LogP contribution in [0.15, 0.2) is 48.5 Å². The van der Waals surface area contributed by atoms with Gasteiger partial charge in [-0.3, -0.25) is 0 Å². The minimum atomic E-state index is -1.27. The Bertz CT molecular complexity index is 1160. The highest BCUT2D eigenvalue weighted by Crippen LogP contribution is 2.42. The van der Waals surface area contributed by atoms with E-state index < -0.39 is 23.0 Å². The van der Waals surface area contributed by atoms with Gasteiger partial charge in [0.2, 0.25) is 5.95 Å². The molecule has 10 heteroatoms. The first-order chi connectivity index (χ1) is 16.2. The summed E-state index contributed by atoms with van der Waals surface area (Å²) in [5, 5.41) is 21.5. The van der Waals surface area contributed by atoms with E-state index in [9.17, 15) is 19.4 Å². The summed E-state index contributed by atoms with van der Waals surface area (Å²) in [5.74, 6) is -2.52. The number of nitrogens with zero attached hydrogens (tertiary/aromatic N) is 1. The first-order valence-corrected chi connectivity index (χ1v) is 11.1. The van der Waals surface area contributed by atoms with Gasteiger partial charge in [0.1, 0.15) is 27.6 Å². The van der Waals surface area contributed by atoms with E-state index >= 15 is 0 Å². The van der Waals surface area contributed by atoms with Crippen molar-refractivity contribution in [2.45, 2.75) is 32.4 Å². The Morgan fingerprint density at radius 2 is 1.85 bits per heavy atom. The zero-order chi connectivity index (χ0) is 24.8. The third-order valence-electron chi connectivity index (χ3n) is 4.84. The lowest BCUT2D eigenvalue weighted by atomic mass is 10.0. The standard InChI is InChI=1S/C24H23Cl2FN2O5/c1-13(2)16-10-15(8-9-18(16)30)34-21-19(25)22(27)29-23(20(21)26)28-17(24(31)32)12-33-11-14-6-4-3-5-7-14/h3-10,13,17,30H,11-12H2,1-2H3,(H,28,29)(H,31,32)/t17-/m1/s1. The first-order valence-electron chi connectivity index (χ1n) is 10.3. The number of aliphatic carboxylic acids is 1. The van der Waals surface area contributed by atoms with Gasteiger partial charge in [0.15, 0.2) is 11.6 Å². The van der Waals surface area contributed by atoms with Gasteiger partial charge in [-0.05, 0) is 29.7 Å². The lowest BCUT2D eigenvalue weighted by Crippen LogP contribution is -2.34. The number of phenolic OH excluding ortho intramolecular Hbond substituents is 1. The van der Waals surface area contributed by atoms with Crippen molar-refractivity contribution in [3.8, 4) is 17.2 Å². The lowest BCUT2D eigenvalue weighted by Gasteiger charge is -2.19. The molecule has 3 N–H and O–H groups in total. The summed E-state index contributed by atoms with van der Waals surface area (Å²) in [6, 6.07) is 12.4. The molecule has 1 atom stereocenters. The number of aromatic hydroxyl groups is 1. The van der Waals surface area contributed by atoms with Gasteiger partial charge in [0, 0.05) is 5.56 Å². The number of phenols is 1. The number of nitrogens with one attached hydrogen (secondary N) is 1. The van der Waals surface area contributed by atoms with Gasteiger partial charge < -0.3 is 25.0 Å². The Balaban J connectivity index is 1.81. The summed E-state index contributed by atoms with van der Waals surface area (Å²) in [6.45, 7) is 3.73. The molecule has 0 amide bonds. The molecular formula is C24H23Cl2FN2O5. The molecule has 0 radical (unpaired) electrons. The van der Waals surface area contributed by atoms with Crippen LogP contribution in [0.25, 0.3) is 0 Å². The molecule has 0 fully saturated rings. The second-order valence-electron chi connectivity index (χ2n) is 7.72. The molecule has 0 spiro atoms. The largest absolute Gasteiger partial charge is 0.508 e. The van der Waals surface area contributed by atoms with Crippen molar-refractivity contribution in [2.24, 2.45) is 0 Å². The number of rotatable bonds is 10. The van der Waals surface area contributed by atoms with E-state index in [4.69, 9.17) is 32.7 Å². The van der Waals surface area contributed by atoms with Crippen molar-refractivity contribution in [1.82, 2.24) is 4.98 Å². The minimum absolute atomic E-state index is 0.00638. The van der Waals surface area contributed by atoms with Gasteiger partial charge in [0.25, 0.3) is 0 Å². The summed E-state index contributed by atoms with van der Waals surface area (Å²) >= 11 is 12.4. The maximum absolute atomic E-state index is 14.5. The fourth-order valence-corrected chi connectivity index (χ4v) is 3.52. The number of aromatic nitrogens is 1. The Labute approximate surface area is 206 Å². The number of anilines is 1. The Morgan fingerprint density at radius 3 is 2.50 bits per heavy atom. The third kappa shape index (κ3) is 6.28. The number of halogens is 3. The van der Waals surface area contributed by atoms with Gasteiger partial charge in [-0.1, -0.05) is 67.4 Å². The number of hydrogen-bond donors (Lipinski definition) is 3. The van der Waals surface area contributed by atoms with E-state index in [-0.39, 0.29) is 47.2 Å². The zero-order valence-electron chi connectivity index (χ0n) is 18.4. The maximum atomic E-state index is 14.5. The van der Waals surface area contributed by atoms with Crippen LogP contribution in [0.3, 0.4) is 0 Å². The molecule has 0 unspecified atom stereocenters. The highest BCUT2D eigenvalue weighted by Gasteiger charge is 2.25. The Kier molecular flexibility index (Phi) is 8.55. The van der Waals surface area contributed by atoms with Crippen LogP contribution in [0.2, 0.25) is 10.0 Å². The van der Waals surface area contributed by atoms with Crippen molar-refractivity contribution in [3.05, 3.63) is 75.7 Å². The van der Waals surface area contributed by atoms with Crippen LogP contribution in [-0.2, 0) is 16.1 Å². The van der Waals surface area contributed by atoms with Gasteiger partial charge >= 0.3 is 5.97 Å². The number of ether oxygens (including phenoxy) is 2. The van der Waals surface area contributed by atoms with E-state index in [1.807, 2.05) is 44.2 Å². The number of pyridine rings is 1. The van der Waals surface area contributed by atoms with Gasteiger partial charge in [-0.25, -0.2) is 4.79 Å². The molecule has 0 saturated carbocycles. The number of carbonyl (C=O) groups is 1. The summed E-state index contributed by atoms with van der Waals surface area (Å²) in [4.78, 5) is 15.4. The predicted molar refractivity (Wildman–Crippen MR) is 128 cm³/mol. The number of carboxylic acids is 1. The molecule has 2 aromatic carbocycles. The highest BCUT2D eigenvalue weighted by atomic mass is 35.5. The van der Waals surface area contributed by atoms with Crippen molar-refractivity contribution in [3.63, 3.8) is 0 Å². The van der Waals surface area contributed by atoms with Crippen LogP contribution in [0.4, 0.5) is 10.2 Å². The summed E-state index contributed by atoms with van der Waals surface area (Å²) in [7, 11) is 0. The normalized spacial score (nSPS) is 11.9. The van der Waals surface area contributed by atoms with Crippen LogP contribution in [0.1, 0.15) is 30.9 Å². The second kappa shape index (κ2) is 11.4. The first kappa shape index (κ1) is 25.6. The minimum Gasteiger partial charge on any atom is -0.508 e. The molecule has 0 bridgehead atoms. The van der Waals surface area contributed by atoms with Crippen molar-refractivity contribution >= 4 is 35.0 Å². The highest BCUT2D eigenvalue weighted by molar-refractivity contribution is 6.38. The SMILES string of the molecule is CC(C)c1cc(Oc2c(Cl)c(F)nc(N[C@H](COCc3ccccc3)C(=O)O)c2Cl)ccc1O. The molecule has 180 valence electrons. The van der Waals surface area contributed by atoms with Gasteiger partial charge in [0.05, 0.1) is 13.2 Å². The second-order valence-corrected chi connectivity index (χ2v) is 8.48.